The number of nitrogens with one attached hydrogen (secondary N) is 1. The van der Waals surface area contributed by atoms with E-state index >= 15 is 0 Å². The molecule has 20 heavy (non-hydrogen) atoms. The van der Waals surface area contributed by atoms with Crippen molar-refractivity contribution in [2.24, 2.45) is 11.8 Å². The molecule has 2 rings (SSSR count). The summed E-state index contributed by atoms with van der Waals surface area (Å²) < 4.78 is 9.38. The highest BCUT2D eigenvalue weighted by Crippen LogP contribution is 2.34. The summed E-state index contributed by atoms with van der Waals surface area (Å²) in [6, 6.07) is 0. The van der Waals surface area contributed by atoms with Crippen LogP contribution in [0.5, 0.6) is 0 Å². The van der Waals surface area contributed by atoms with Crippen molar-refractivity contribution in [1.82, 2.24) is 4.98 Å². The maximum absolute atomic E-state index is 12.5. The van der Waals surface area contributed by atoms with Gasteiger partial charge in [-0.05, 0) is 24.8 Å². The predicted octanol–water partition coefficient (Wildman–Crippen LogP) is 1.27. The van der Waals surface area contributed by atoms with E-state index in [2.05, 4.69) is 9.72 Å². The maximum Gasteiger partial charge on any atom is 0.354 e. The van der Waals surface area contributed by atoms with Crippen LogP contribution in [-0.2, 0) is 20.7 Å². The molecule has 0 saturated heterocycles. The van der Waals surface area contributed by atoms with Crippen molar-refractivity contribution in [3.63, 3.8) is 0 Å². The fourth-order valence-corrected chi connectivity index (χ4v) is 2.77. The number of H-pyrrole nitrogens is 1. The average Bonchev–Trinajstić information content (AvgIpc) is 2.74. The molecule has 0 amide bonds. The standard InChI is InChI=1S/C14H17NO5/c1-6-5-8-10(12(16)9(6)13(17)19-3)7(2)11(15-8)14(18)20-4/h6,9,15H,5H2,1-4H3/t6-,9-/m1/s1. The molecule has 0 aromatic carbocycles. The molecule has 1 aromatic heterocycles. The van der Waals surface area contributed by atoms with Gasteiger partial charge in [-0.3, -0.25) is 9.59 Å². The Balaban J connectivity index is 2.51. The number of hydrogen-bond donors (Lipinski definition) is 1. The van der Waals surface area contributed by atoms with E-state index in [-0.39, 0.29) is 17.4 Å². The summed E-state index contributed by atoms with van der Waals surface area (Å²) in [5.41, 5.74) is 1.89. The van der Waals surface area contributed by atoms with Gasteiger partial charge in [0.15, 0.2) is 5.78 Å². The Morgan fingerprint density at radius 1 is 1.25 bits per heavy atom. The number of aromatic nitrogens is 1. The van der Waals surface area contributed by atoms with Crippen LogP contribution < -0.4 is 0 Å². The SMILES string of the molecule is COC(=O)c1[nH]c2c(c1C)C(=O)[C@H](C(=O)OC)[C@H](C)C2. The molecule has 2 atom stereocenters. The van der Waals surface area contributed by atoms with Crippen molar-refractivity contribution < 1.29 is 23.9 Å². The van der Waals surface area contributed by atoms with Crippen LogP contribution in [0.25, 0.3) is 0 Å². The number of carbonyl (C=O) groups excluding carboxylic acids is 3. The van der Waals surface area contributed by atoms with Crippen molar-refractivity contribution in [1.29, 1.82) is 0 Å². The molecule has 0 saturated carbocycles. The zero-order valence-electron chi connectivity index (χ0n) is 11.9. The summed E-state index contributed by atoms with van der Waals surface area (Å²) >= 11 is 0. The second-order valence-electron chi connectivity index (χ2n) is 5.02. The van der Waals surface area contributed by atoms with Gasteiger partial charge in [0.2, 0.25) is 0 Å². The molecule has 0 fully saturated rings. The summed E-state index contributed by atoms with van der Waals surface area (Å²) in [6.45, 7) is 3.49. The molecular formula is C14H17NO5. The van der Waals surface area contributed by atoms with E-state index in [1.54, 1.807) is 6.92 Å². The molecule has 0 unspecified atom stereocenters. The first-order valence-corrected chi connectivity index (χ1v) is 6.34. The molecular weight excluding hydrogens is 262 g/mol. The number of esters is 2. The fraction of sp³-hybridized carbons (Fsp3) is 0.500. The Bertz CT molecular complexity index is 587. The number of Topliss-reactive ketones (excluding diaryl/α,β-unsaturated/α-hetero) is 1. The monoisotopic (exact) mass is 279 g/mol. The van der Waals surface area contributed by atoms with Gasteiger partial charge in [0.1, 0.15) is 11.6 Å². The number of rotatable bonds is 2. The van der Waals surface area contributed by atoms with E-state index in [1.807, 2.05) is 6.92 Å². The first-order valence-electron chi connectivity index (χ1n) is 6.34. The summed E-state index contributed by atoms with van der Waals surface area (Å²) in [6.07, 6.45) is 0.513. The third-order valence-corrected chi connectivity index (χ3v) is 3.80. The minimum absolute atomic E-state index is 0.175. The van der Waals surface area contributed by atoms with E-state index in [0.29, 0.717) is 23.2 Å². The molecule has 1 heterocycles. The highest BCUT2D eigenvalue weighted by molar-refractivity contribution is 6.12. The summed E-state index contributed by atoms with van der Waals surface area (Å²) in [5.74, 6) is -2.34. The van der Waals surface area contributed by atoms with Crippen molar-refractivity contribution in [3.8, 4) is 0 Å². The molecule has 1 N–H and O–H groups in total. The Labute approximate surface area is 116 Å². The van der Waals surface area contributed by atoms with Crippen LogP contribution >= 0.6 is 0 Å². The Hall–Kier alpha value is -2.11. The molecule has 6 nitrogen and oxygen atoms in total. The van der Waals surface area contributed by atoms with E-state index in [1.165, 1.54) is 14.2 Å². The van der Waals surface area contributed by atoms with Gasteiger partial charge in [-0.15, -0.1) is 0 Å². The van der Waals surface area contributed by atoms with Crippen molar-refractivity contribution in [2.45, 2.75) is 20.3 Å². The maximum atomic E-state index is 12.5. The second-order valence-corrected chi connectivity index (χ2v) is 5.02. The van der Waals surface area contributed by atoms with Gasteiger partial charge in [-0.1, -0.05) is 6.92 Å². The van der Waals surface area contributed by atoms with Gasteiger partial charge in [0, 0.05) is 11.3 Å². The third-order valence-electron chi connectivity index (χ3n) is 3.80. The van der Waals surface area contributed by atoms with E-state index in [0.717, 1.165) is 0 Å². The Morgan fingerprint density at radius 2 is 1.90 bits per heavy atom. The molecule has 6 heteroatoms. The normalized spacial score (nSPS) is 21.3. The van der Waals surface area contributed by atoms with Crippen molar-refractivity contribution in [2.75, 3.05) is 14.2 Å². The Morgan fingerprint density at radius 3 is 2.45 bits per heavy atom. The lowest BCUT2D eigenvalue weighted by molar-refractivity contribution is -0.145. The number of aromatic amines is 1. The quantitative estimate of drug-likeness (QED) is 0.651. The average molecular weight is 279 g/mol. The number of hydrogen-bond acceptors (Lipinski definition) is 5. The summed E-state index contributed by atoms with van der Waals surface area (Å²) in [7, 11) is 2.55. The smallest absolute Gasteiger partial charge is 0.354 e. The second kappa shape index (κ2) is 5.11. The number of methoxy groups -OCH3 is 2. The Kier molecular flexibility index (Phi) is 3.65. The van der Waals surface area contributed by atoms with Gasteiger partial charge in [0.05, 0.1) is 14.2 Å². The van der Waals surface area contributed by atoms with Crippen LogP contribution in [0.2, 0.25) is 0 Å². The van der Waals surface area contributed by atoms with Crippen molar-refractivity contribution >= 4 is 17.7 Å². The lowest BCUT2D eigenvalue weighted by Gasteiger charge is -2.25. The molecule has 0 aliphatic heterocycles. The lowest BCUT2D eigenvalue weighted by atomic mass is 9.77. The zero-order chi connectivity index (χ0) is 15.0. The number of ether oxygens (including phenoxy) is 2. The van der Waals surface area contributed by atoms with Crippen LogP contribution in [0.1, 0.15) is 39.0 Å². The lowest BCUT2D eigenvalue weighted by Crippen LogP contribution is -2.36. The molecule has 0 bridgehead atoms. The van der Waals surface area contributed by atoms with Gasteiger partial charge in [-0.25, -0.2) is 4.79 Å². The van der Waals surface area contributed by atoms with Gasteiger partial charge in [0.25, 0.3) is 0 Å². The first kappa shape index (κ1) is 14.3. The van der Waals surface area contributed by atoms with E-state index < -0.39 is 17.9 Å². The minimum atomic E-state index is -0.813. The van der Waals surface area contributed by atoms with Gasteiger partial charge in [-0.2, -0.15) is 0 Å². The van der Waals surface area contributed by atoms with Crippen LogP contribution in [0.3, 0.4) is 0 Å². The molecule has 1 aliphatic carbocycles. The molecule has 108 valence electrons. The van der Waals surface area contributed by atoms with Crippen molar-refractivity contribution in [3.05, 3.63) is 22.5 Å². The van der Waals surface area contributed by atoms with Crippen LogP contribution in [0, 0.1) is 18.8 Å². The van der Waals surface area contributed by atoms with E-state index in [9.17, 15) is 14.4 Å². The molecule has 1 aromatic rings. The fourth-order valence-electron chi connectivity index (χ4n) is 2.77. The zero-order valence-corrected chi connectivity index (χ0v) is 11.9. The molecule has 1 aliphatic rings. The predicted molar refractivity (Wildman–Crippen MR) is 69.6 cm³/mol. The van der Waals surface area contributed by atoms with Crippen LogP contribution in [0.15, 0.2) is 0 Å². The molecule has 0 spiro atoms. The number of ketones is 1. The first-order chi connectivity index (χ1) is 9.42. The largest absolute Gasteiger partial charge is 0.468 e. The highest BCUT2D eigenvalue weighted by Gasteiger charge is 2.41. The van der Waals surface area contributed by atoms with Gasteiger partial charge < -0.3 is 14.5 Å². The topological polar surface area (TPSA) is 85.5 Å². The minimum Gasteiger partial charge on any atom is -0.468 e. The number of carbonyl (C=O) groups is 3. The van der Waals surface area contributed by atoms with Gasteiger partial charge >= 0.3 is 11.9 Å². The summed E-state index contributed by atoms with van der Waals surface area (Å²) in [4.78, 5) is 38.9. The number of fused-ring (bicyclic) bond motifs is 1. The van der Waals surface area contributed by atoms with Crippen LogP contribution in [0.4, 0.5) is 0 Å². The summed E-state index contributed by atoms with van der Waals surface area (Å²) in [5, 5.41) is 0. The highest BCUT2D eigenvalue weighted by atomic mass is 16.5. The van der Waals surface area contributed by atoms with Crippen LogP contribution in [-0.4, -0.2) is 36.9 Å². The van der Waals surface area contributed by atoms with E-state index in [4.69, 9.17) is 4.74 Å². The molecule has 0 radical (unpaired) electrons. The third kappa shape index (κ3) is 2.01.